The van der Waals surface area contributed by atoms with E-state index in [0.717, 1.165) is 25.3 Å². The van der Waals surface area contributed by atoms with E-state index in [9.17, 15) is 4.79 Å². The molecule has 0 aromatic carbocycles. The second kappa shape index (κ2) is 6.56. The van der Waals surface area contributed by atoms with Crippen molar-refractivity contribution in [2.45, 2.75) is 58.4 Å². The molecule has 6 heteroatoms. The van der Waals surface area contributed by atoms with Crippen LogP contribution >= 0.6 is 0 Å². The normalized spacial score (nSPS) is 19.5. The fourth-order valence-corrected chi connectivity index (χ4v) is 2.54. The molecule has 2 N–H and O–H groups in total. The minimum absolute atomic E-state index is 0.0865. The van der Waals surface area contributed by atoms with Gasteiger partial charge in [-0.1, -0.05) is 27.2 Å². The van der Waals surface area contributed by atoms with Crippen molar-refractivity contribution in [2.24, 2.45) is 0 Å². The molecule has 0 radical (unpaired) electrons. The Morgan fingerprint density at radius 2 is 2.14 bits per heavy atom. The van der Waals surface area contributed by atoms with Gasteiger partial charge in [0.25, 0.3) is 5.91 Å². The molecule has 0 aliphatic carbocycles. The number of hydrogen-bond donors (Lipinski definition) is 2. The summed E-state index contributed by atoms with van der Waals surface area (Å²) in [7, 11) is 0. The van der Waals surface area contributed by atoms with Crippen molar-refractivity contribution >= 4 is 5.91 Å². The van der Waals surface area contributed by atoms with E-state index in [1.165, 1.54) is 12.8 Å². The molecule has 0 saturated carbocycles. The number of nitrogens with one attached hydrogen (secondary N) is 2. The first-order valence-electron chi connectivity index (χ1n) is 7.87. The number of nitrogens with zero attached hydrogens (tertiary/aromatic N) is 3. The number of rotatable bonds is 4. The molecule has 1 atom stereocenters. The number of piperidine rings is 1. The van der Waals surface area contributed by atoms with E-state index >= 15 is 0 Å². The van der Waals surface area contributed by atoms with Crippen molar-refractivity contribution < 1.29 is 4.79 Å². The lowest BCUT2D eigenvalue weighted by molar-refractivity contribution is 0.0729. The zero-order valence-electron chi connectivity index (χ0n) is 13.6. The van der Waals surface area contributed by atoms with Crippen molar-refractivity contribution in [1.29, 1.82) is 0 Å². The minimum atomic E-state index is -0.131. The summed E-state index contributed by atoms with van der Waals surface area (Å²) in [4.78, 5) is 18.7. The van der Waals surface area contributed by atoms with Gasteiger partial charge in [-0.05, 0) is 26.3 Å². The topological polar surface area (TPSA) is 73.9 Å². The summed E-state index contributed by atoms with van der Waals surface area (Å²) in [5, 5.41) is 10.5. The summed E-state index contributed by atoms with van der Waals surface area (Å²) in [6, 6.07) is 0.392. The van der Waals surface area contributed by atoms with Crippen LogP contribution in [0.15, 0.2) is 0 Å². The maximum Gasteiger partial charge on any atom is 0.293 e. The highest BCUT2D eigenvalue weighted by Crippen LogP contribution is 2.18. The molecule has 1 saturated heterocycles. The van der Waals surface area contributed by atoms with Crippen LogP contribution in [0.5, 0.6) is 0 Å². The van der Waals surface area contributed by atoms with Crippen molar-refractivity contribution in [3.05, 3.63) is 11.6 Å². The van der Waals surface area contributed by atoms with Gasteiger partial charge < -0.3 is 10.2 Å². The Morgan fingerprint density at radius 1 is 1.38 bits per heavy atom. The zero-order valence-corrected chi connectivity index (χ0v) is 13.6. The zero-order chi connectivity index (χ0) is 15.5. The summed E-state index contributed by atoms with van der Waals surface area (Å²) >= 11 is 0. The van der Waals surface area contributed by atoms with Crippen molar-refractivity contribution in [1.82, 2.24) is 25.4 Å². The fourth-order valence-electron chi connectivity index (χ4n) is 2.54. The van der Waals surface area contributed by atoms with Gasteiger partial charge in [0, 0.05) is 24.5 Å². The molecule has 2 heterocycles. The molecule has 1 aliphatic heterocycles. The monoisotopic (exact) mass is 293 g/mol. The summed E-state index contributed by atoms with van der Waals surface area (Å²) in [5.41, 5.74) is -0.131. The molecule has 1 unspecified atom stereocenters. The van der Waals surface area contributed by atoms with Gasteiger partial charge in [-0.15, -0.1) is 5.10 Å². The van der Waals surface area contributed by atoms with E-state index < -0.39 is 0 Å². The third kappa shape index (κ3) is 4.03. The molecule has 1 aromatic heterocycles. The Labute approximate surface area is 126 Å². The first-order valence-corrected chi connectivity index (χ1v) is 7.87. The molecule has 0 bridgehead atoms. The molecular weight excluding hydrogens is 266 g/mol. The van der Waals surface area contributed by atoms with E-state index in [2.05, 4.69) is 20.5 Å². The SMILES string of the molecule is CCN(CC1CCCCN1)C(=O)c1n[nH]c(C(C)(C)C)n1. The van der Waals surface area contributed by atoms with E-state index in [0.29, 0.717) is 12.6 Å². The molecule has 2 rings (SSSR count). The predicted molar refractivity (Wildman–Crippen MR) is 82.3 cm³/mol. The fraction of sp³-hybridized carbons (Fsp3) is 0.800. The third-order valence-electron chi connectivity index (χ3n) is 3.91. The van der Waals surface area contributed by atoms with Gasteiger partial charge in [-0.3, -0.25) is 9.89 Å². The number of aromatic nitrogens is 3. The Balaban J connectivity index is 2.03. The van der Waals surface area contributed by atoms with Crippen LogP contribution in [-0.2, 0) is 5.41 Å². The average Bonchev–Trinajstić information content (AvgIpc) is 2.95. The molecule has 1 aliphatic rings. The second-order valence-electron chi connectivity index (χ2n) is 6.75. The smallest absolute Gasteiger partial charge is 0.293 e. The summed E-state index contributed by atoms with van der Waals surface area (Å²) in [6.45, 7) is 10.6. The van der Waals surface area contributed by atoms with E-state index in [-0.39, 0.29) is 17.1 Å². The van der Waals surface area contributed by atoms with Crippen LogP contribution in [0.1, 0.15) is 63.4 Å². The molecule has 1 fully saturated rings. The van der Waals surface area contributed by atoms with Crippen LogP contribution in [0.25, 0.3) is 0 Å². The lowest BCUT2D eigenvalue weighted by Gasteiger charge is -2.29. The highest BCUT2D eigenvalue weighted by atomic mass is 16.2. The van der Waals surface area contributed by atoms with E-state index in [4.69, 9.17) is 0 Å². The molecule has 0 spiro atoms. The van der Waals surface area contributed by atoms with Crippen LogP contribution in [0.4, 0.5) is 0 Å². The number of H-pyrrole nitrogens is 1. The number of aromatic amines is 1. The number of carbonyl (C=O) groups is 1. The average molecular weight is 293 g/mol. The first kappa shape index (κ1) is 15.9. The molecule has 1 aromatic rings. The standard InChI is InChI=1S/C15H27N5O/c1-5-20(10-11-8-6-7-9-16-11)13(21)12-17-14(19-18-12)15(2,3)4/h11,16H,5-10H2,1-4H3,(H,17,18,19). The molecule has 21 heavy (non-hydrogen) atoms. The minimum Gasteiger partial charge on any atom is -0.335 e. The molecule has 118 valence electrons. The molecule has 1 amide bonds. The Hall–Kier alpha value is -1.43. The Bertz CT molecular complexity index is 471. The number of likely N-dealkylation sites (N-methyl/N-ethyl adjacent to an activating group) is 1. The van der Waals surface area contributed by atoms with E-state index in [1.54, 1.807) is 0 Å². The largest absolute Gasteiger partial charge is 0.335 e. The van der Waals surface area contributed by atoms with Crippen molar-refractivity contribution in [3.8, 4) is 0 Å². The Kier molecular flexibility index (Phi) is 4.98. The van der Waals surface area contributed by atoms with Gasteiger partial charge in [0.1, 0.15) is 5.82 Å². The lowest BCUT2D eigenvalue weighted by atomic mass is 9.96. The van der Waals surface area contributed by atoms with Gasteiger partial charge in [0.15, 0.2) is 0 Å². The number of amides is 1. The highest BCUT2D eigenvalue weighted by Gasteiger charge is 2.25. The van der Waals surface area contributed by atoms with Gasteiger partial charge in [-0.2, -0.15) is 0 Å². The Morgan fingerprint density at radius 3 is 2.67 bits per heavy atom. The summed E-state index contributed by atoms with van der Waals surface area (Å²) in [6.07, 6.45) is 3.59. The first-order chi connectivity index (χ1) is 9.91. The summed E-state index contributed by atoms with van der Waals surface area (Å²) in [5.74, 6) is 0.937. The number of carbonyl (C=O) groups excluding carboxylic acids is 1. The summed E-state index contributed by atoms with van der Waals surface area (Å²) < 4.78 is 0. The van der Waals surface area contributed by atoms with Gasteiger partial charge in [0.2, 0.25) is 5.82 Å². The maximum atomic E-state index is 12.5. The number of hydrogen-bond acceptors (Lipinski definition) is 4. The van der Waals surface area contributed by atoms with Crippen LogP contribution in [0.3, 0.4) is 0 Å². The second-order valence-corrected chi connectivity index (χ2v) is 6.75. The third-order valence-corrected chi connectivity index (χ3v) is 3.91. The van der Waals surface area contributed by atoms with Crippen LogP contribution < -0.4 is 5.32 Å². The maximum absolute atomic E-state index is 12.5. The van der Waals surface area contributed by atoms with Crippen molar-refractivity contribution in [2.75, 3.05) is 19.6 Å². The highest BCUT2D eigenvalue weighted by molar-refractivity contribution is 5.90. The van der Waals surface area contributed by atoms with Crippen molar-refractivity contribution in [3.63, 3.8) is 0 Å². The van der Waals surface area contributed by atoms with Crippen LogP contribution in [-0.4, -0.2) is 51.7 Å². The predicted octanol–water partition coefficient (Wildman–Crippen LogP) is 1.71. The van der Waals surface area contributed by atoms with Gasteiger partial charge in [-0.25, -0.2) is 4.98 Å². The molecule has 6 nitrogen and oxygen atoms in total. The van der Waals surface area contributed by atoms with Crippen LogP contribution in [0.2, 0.25) is 0 Å². The van der Waals surface area contributed by atoms with Gasteiger partial charge in [0.05, 0.1) is 0 Å². The van der Waals surface area contributed by atoms with Gasteiger partial charge >= 0.3 is 0 Å². The lowest BCUT2D eigenvalue weighted by Crippen LogP contribution is -2.46. The van der Waals surface area contributed by atoms with Crippen LogP contribution in [0, 0.1) is 0 Å². The van der Waals surface area contributed by atoms with E-state index in [1.807, 2.05) is 32.6 Å². The molecular formula is C15H27N5O. The quantitative estimate of drug-likeness (QED) is 0.886.